The van der Waals surface area contributed by atoms with Crippen LogP contribution in [0.1, 0.15) is 52.4 Å². The van der Waals surface area contributed by atoms with Crippen molar-refractivity contribution in [2.24, 2.45) is 11.3 Å². The molecule has 1 heterocycles. The molecule has 100 valence electrons. The van der Waals surface area contributed by atoms with Gasteiger partial charge in [-0.15, -0.1) is 0 Å². The Balaban J connectivity index is 1.99. The molecule has 3 heteroatoms. The van der Waals surface area contributed by atoms with Gasteiger partial charge in [-0.1, -0.05) is 20.3 Å². The van der Waals surface area contributed by atoms with E-state index in [1.165, 1.54) is 12.8 Å². The normalized spacial score (nSPS) is 34.1. The third-order valence-corrected chi connectivity index (χ3v) is 4.46. The second-order valence-electron chi connectivity index (χ2n) is 6.11. The SMILES string of the molecule is CCC(CO)C[C@]1(C)CCCC2(C1)OCCO2. The molecule has 2 atom stereocenters. The lowest BCUT2D eigenvalue weighted by atomic mass is 9.68. The average Bonchev–Trinajstić information content (AvgIpc) is 2.73. The van der Waals surface area contributed by atoms with Gasteiger partial charge in [-0.05, 0) is 30.6 Å². The fourth-order valence-electron chi connectivity index (χ4n) is 3.56. The maximum absolute atomic E-state index is 9.37. The first-order valence-corrected chi connectivity index (χ1v) is 7.00. The average molecular weight is 242 g/mol. The quantitative estimate of drug-likeness (QED) is 0.824. The van der Waals surface area contributed by atoms with E-state index >= 15 is 0 Å². The van der Waals surface area contributed by atoms with Crippen molar-refractivity contribution >= 4 is 0 Å². The molecule has 1 unspecified atom stereocenters. The fraction of sp³-hybridized carbons (Fsp3) is 1.00. The minimum absolute atomic E-state index is 0.270. The number of aliphatic hydroxyl groups excluding tert-OH is 1. The summed E-state index contributed by atoms with van der Waals surface area (Å²) in [5, 5.41) is 9.37. The van der Waals surface area contributed by atoms with Gasteiger partial charge < -0.3 is 14.6 Å². The molecule has 2 aliphatic rings. The zero-order valence-electron chi connectivity index (χ0n) is 11.2. The summed E-state index contributed by atoms with van der Waals surface area (Å²) in [6, 6.07) is 0. The highest BCUT2D eigenvalue weighted by atomic mass is 16.7. The molecule has 1 spiro atoms. The van der Waals surface area contributed by atoms with Crippen molar-refractivity contribution in [3.63, 3.8) is 0 Å². The first-order chi connectivity index (χ1) is 8.11. The zero-order chi connectivity index (χ0) is 12.4. The lowest BCUT2D eigenvalue weighted by molar-refractivity contribution is -0.202. The molecule has 17 heavy (non-hydrogen) atoms. The monoisotopic (exact) mass is 242 g/mol. The summed E-state index contributed by atoms with van der Waals surface area (Å²) in [5.41, 5.74) is 0.270. The molecule has 0 aromatic rings. The maximum Gasteiger partial charge on any atom is 0.169 e. The Hall–Kier alpha value is -0.120. The van der Waals surface area contributed by atoms with E-state index in [2.05, 4.69) is 13.8 Å². The van der Waals surface area contributed by atoms with Crippen molar-refractivity contribution in [1.29, 1.82) is 0 Å². The van der Waals surface area contributed by atoms with E-state index < -0.39 is 0 Å². The fourth-order valence-corrected chi connectivity index (χ4v) is 3.56. The molecule has 0 amide bonds. The zero-order valence-corrected chi connectivity index (χ0v) is 11.2. The number of hydrogen-bond donors (Lipinski definition) is 1. The largest absolute Gasteiger partial charge is 0.396 e. The molecule has 1 saturated carbocycles. The summed E-state index contributed by atoms with van der Waals surface area (Å²) in [5.74, 6) is 0.136. The summed E-state index contributed by atoms with van der Waals surface area (Å²) >= 11 is 0. The van der Waals surface area contributed by atoms with Crippen LogP contribution in [0, 0.1) is 11.3 Å². The van der Waals surface area contributed by atoms with Crippen LogP contribution in [0.3, 0.4) is 0 Å². The third-order valence-electron chi connectivity index (χ3n) is 4.46. The Morgan fingerprint density at radius 1 is 1.24 bits per heavy atom. The first kappa shape index (κ1) is 13.3. The van der Waals surface area contributed by atoms with Crippen molar-refractivity contribution in [2.75, 3.05) is 19.8 Å². The third kappa shape index (κ3) is 3.01. The molecular formula is C14H26O3. The Bertz CT molecular complexity index is 244. The summed E-state index contributed by atoms with van der Waals surface area (Å²) in [7, 11) is 0. The Labute approximate surface area is 104 Å². The van der Waals surface area contributed by atoms with Gasteiger partial charge in [0.05, 0.1) is 13.2 Å². The molecule has 1 aliphatic heterocycles. The van der Waals surface area contributed by atoms with Crippen LogP contribution in [-0.2, 0) is 9.47 Å². The highest BCUT2D eigenvalue weighted by Crippen LogP contribution is 2.48. The van der Waals surface area contributed by atoms with Gasteiger partial charge >= 0.3 is 0 Å². The molecule has 0 bridgehead atoms. The van der Waals surface area contributed by atoms with Crippen molar-refractivity contribution in [3.8, 4) is 0 Å². The van der Waals surface area contributed by atoms with Gasteiger partial charge in [0.1, 0.15) is 0 Å². The maximum atomic E-state index is 9.37. The van der Waals surface area contributed by atoms with Gasteiger partial charge in [0, 0.05) is 19.4 Å². The summed E-state index contributed by atoms with van der Waals surface area (Å²) < 4.78 is 11.7. The van der Waals surface area contributed by atoms with E-state index in [1.807, 2.05) is 0 Å². The number of aliphatic hydroxyl groups is 1. The van der Waals surface area contributed by atoms with Crippen molar-refractivity contribution in [1.82, 2.24) is 0 Å². The topological polar surface area (TPSA) is 38.7 Å². The van der Waals surface area contributed by atoms with Crippen molar-refractivity contribution in [3.05, 3.63) is 0 Å². The molecule has 1 N–H and O–H groups in total. The Kier molecular flexibility index (Phi) is 4.11. The van der Waals surface area contributed by atoms with E-state index in [4.69, 9.17) is 9.47 Å². The van der Waals surface area contributed by atoms with Crippen LogP contribution in [0.2, 0.25) is 0 Å². The second-order valence-corrected chi connectivity index (χ2v) is 6.11. The summed E-state index contributed by atoms with van der Waals surface area (Å²) in [6.07, 6.45) is 6.60. The highest BCUT2D eigenvalue weighted by Gasteiger charge is 2.46. The van der Waals surface area contributed by atoms with E-state index in [-0.39, 0.29) is 11.2 Å². The van der Waals surface area contributed by atoms with E-state index in [9.17, 15) is 5.11 Å². The van der Waals surface area contributed by atoms with Crippen LogP contribution in [0.4, 0.5) is 0 Å². The van der Waals surface area contributed by atoms with Gasteiger partial charge in [-0.2, -0.15) is 0 Å². The molecule has 0 aromatic heterocycles. The standard InChI is InChI=1S/C14H26O3/c1-3-12(10-15)9-13(2)5-4-6-14(11-13)16-7-8-17-14/h12,15H,3-11H2,1-2H3/t12?,13-/m0/s1. The van der Waals surface area contributed by atoms with E-state index in [1.54, 1.807) is 0 Å². The number of ether oxygens (including phenoxy) is 2. The molecule has 2 rings (SSSR count). The smallest absolute Gasteiger partial charge is 0.169 e. The van der Waals surface area contributed by atoms with Crippen LogP contribution < -0.4 is 0 Å². The number of rotatable bonds is 4. The van der Waals surface area contributed by atoms with Crippen LogP contribution in [0.25, 0.3) is 0 Å². The predicted octanol–water partition coefficient (Wildman–Crippen LogP) is 2.72. The lowest BCUT2D eigenvalue weighted by Crippen LogP contribution is -2.42. The van der Waals surface area contributed by atoms with Crippen LogP contribution in [0.15, 0.2) is 0 Å². The molecule has 1 saturated heterocycles. The minimum atomic E-state index is -0.291. The van der Waals surface area contributed by atoms with E-state index in [0.29, 0.717) is 12.5 Å². The second kappa shape index (κ2) is 5.25. The van der Waals surface area contributed by atoms with Gasteiger partial charge in [0.25, 0.3) is 0 Å². The van der Waals surface area contributed by atoms with Crippen molar-refractivity contribution in [2.45, 2.75) is 58.2 Å². The van der Waals surface area contributed by atoms with Crippen LogP contribution in [0.5, 0.6) is 0 Å². The van der Waals surface area contributed by atoms with Gasteiger partial charge in [-0.3, -0.25) is 0 Å². The summed E-state index contributed by atoms with van der Waals surface area (Å²) in [4.78, 5) is 0. The number of hydrogen-bond acceptors (Lipinski definition) is 3. The van der Waals surface area contributed by atoms with Crippen LogP contribution >= 0.6 is 0 Å². The van der Waals surface area contributed by atoms with Crippen molar-refractivity contribution < 1.29 is 14.6 Å². The first-order valence-electron chi connectivity index (χ1n) is 7.00. The van der Waals surface area contributed by atoms with Gasteiger partial charge in [0.2, 0.25) is 0 Å². The lowest BCUT2D eigenvalue weighted by Gasteiger charge is -2.44. The molecular weight excluding hydrogens is 216 g/mol. The Morgan fingerprint density at radius 2 is 1.94 bits per heavy atom. The predicted molar refractivity (Wildman–Crippen MR) is 66.7 cm³/mol. The van der Waals surface area contributed by atoms with E-state index in [0.717, 1.165) is 38.9 Å². The minimum Gasteiger partial charge on any atom is -0.396 e. The molecule has 2 fully saturated rings. The molecule has 3 nitrogen and oxygen atoms in total. The van der Waals surface area contributed by atoms with Gasteiger partial charge in [0.15, 0.2) is 5.79 Å². The molecule has 0 radical (unpaired) electrons. The Morgan fingerprint density at radius 3 is 2.53 bits per heavy atom. The van der Waals surface area contributed by atoms with Crippen LogP contribution in [-0.4, -0.2) is 30.7 Å². The molecule has 1 aliphatic carbocycles. The van der Waals surface area contributed by atoms with Gasteiger partial charge in [-0.25, -0.2) is 0 Å². The highest BCUT2D eigenvalue weighted by molar-refractivity contribution is 4.91. The molecule has 0 aromatic carbocycles. The summed E-state index contributed by atoms with van der Waals surface area (Å²) in [6.45, 7) is 6.28.